The number of nitrogens with one attached hydrogen (secondary N) is 3. The number of anilines is 2. The van der Waals surface area contributed by atoms with Gasteiger partial charge >= 0.3 is 0 Å². The van der Waals surface area contributed by atoms with Crippen molar-refractivity contribution in [1.29, 1.82) is 0 Å². The number of carbonyl (C=O) groups is 2. The summed E-state index contributed by atoms with van der Waals surface area (Å²) in [7, 11) is 1.77. The molecule has 0 saturated heterocycles. The van der Waals surface area contributed by atoms with Gasteiger partial charge in [0.2, 0.25) is 5.91 Å². The number of amides is 2. The molecule has 1 aromatic carbocycles. The van der Waals surface area contributed by atoms with Gasteiger partial charge in [-0.2, -0.15) is 0 Å². The molecule has 0 aromatic heterocycles. The van der Waals surface area contributed by atoms with E-state index in [-0.39, 0.29) is 30.8 Å². The van der Waals surface area contributed by atoms with Gasteiger partial charge in [0.25, 0.3) is 5.91 Å². The first-order chi connectivity index (χ1) is 9.10. The molecule has 0 radical (unpaired) electrons. The van der Waals surface area contributed by atoms with Gasteiger partial charge in [-0.05, 0) is 13.1 Å². The molecule has 110 valence electrons. The average molecular weight is 320 g/mol. The molecular weight excluding hydrogens is 305 g/mol. The van der Waals surface area contributed by atoms with E-state index in [2.05, 4.69) is 16.0 Å². The Bertz CT molecular complexity index is 523. The SMILES string of the molecule is CNCCC(=O)Nc1cc2c(cc1Cl)NC(=O)CO2.Cl. The molecule has 0 aliphatic carbocycles. The van der Waals surface area contributed by atoms with Gasteiger partial charge in [0.05, 0.1) is 16.4 Å². The summed E-state index contributed by atoms with van der Waals surface area (Å²) >= 11 is 6.05. The number of benzene rings is 1. The van der Waals surface area contributed by atoms with Crippen molar-refractivity contribution in [2.45, 2.75) is 6.42 Å². The number of hydrogen-bond acceptors (Lipinski definition) is 4. The van der Waals surface area contributed by atoms with Crippen LogP contribution in [0.5, 0.6) is 5.75 Å². The Labute approximate surface area is 127 Å². The highest BCUT2D eigenvalue weighted by atomic mass is 35.5. The normalized spacial score (nSPS) is 12.6. The van der Waals surface area contributed by atoms with Crippen molar-refractivity contribution in [2.75, 3.05) is 30.8 Å². The second-order valence-corrected chi connectivity index (χ2v) is 4.47. The molecule has 8 heteroatoms. The smallest absolute Gasteiger partial charge is 0.262 e. The summed E-state index contributed by atoms with van der Waals surface area (Å²) in [6.07, 6.45) is 0.349. The fourth-order valence-corrected chi connectivity index (χ4v) is 1.86. The first kappa shape index (κ1) is 16.6. The molecule has 1 aromatic rings. The summed E-state index contributed by atoms with van der Waals surface area (Å²) in [5, 5.41) is 8.58. The third-order valence-electron chi connectivity index (χ3n) is 2.58. The first-order valence-corrected chi connectivity index (χ1v) is 6.18. The van der Waals surface area contributed by atoms with Crippen LogP contribution in [0.1, 0.15) is 6.42 Å². The van der Waals surface area contributed by atoms with Gasteiger partial charge in [-0.25, -0.2) is 0 Å². The Morgan fingerprint density at radius 3 is 2.95 bits per heavy atom. The molecule has 3 N–H and O–H groups in total. The van der Waals surface area contributed by atoms with E-state index in [9.17, 15) is 9.59 Å². The molecule has 6 nitrogen and oxygen atoms in total. The average Bonchev–Trinajstić information content (AvgIpc) is 2.37. The largest absolute Gasteiger partial charge is 0.482 e. The van der Waals surface area contributed by atoms with Gasteiger partial charge in [-0.1, -0.05) is 11.6 Å². The number of fused-ring (bicyclic) bond motifs is 1. The highest BCUT2D eigenvalue weighted by Gasteiger charge is 2.18. The number of carbonyl (C=O) groups excluding carboxylic acids is 2. The maximum absolute atomic E-state index is 11.6. The quantitative estimate of drug-likeness (QED) is 0.788. The Hall–Kier alpha value is -1.50. The highest BCUT2D eigenvalue weighted by Crippen LogP contribution is 2.36. The molecule has 0 atom stereocenters. The van der Waals surface area contributed by atoms with E-state index in [1.165, 1.54) is 0 Å². The van der Waals surface area contributed by atoms with Crippen LogP contribution in [0.2, 0.25) is 5.02 Å². The lowest BCUT2D eigenvalue weighted by molar-refractivity contribution is -0.118. The summed E-state index contributed by atoms with van der Waals surface area (Å²) in [4.78, 5) is 22.8. The molecule has 1 heterocycles. The van der Waals surface area contributed by atoms with E-state index in [4.69, 9.17) is 16.3 Å². The van der Waals surface area contributed by atoms with Crippen LogP contribution in [0.3, 0.4) is 0 Å². The zero-order valence-corrected chi connectivity index (χ0v) is 12.4. The Balaban J connectivity index is 0.00000200. The van der Waals surface area contributed by atoms with Crippen LogP contribution in [-0.4, -0.2) is 32.0 Å². The van der Waals surface area contributed by atoms with Gasteiger partial charge in [-0.3, -0.25) is 9.59 Å². The van der Waals surface area contributed by atoms with E-state index in [1.807, 2.05) is 0 Å². The van der Waals surface area contributed by atoms with Gasteiger partial charge in [0.1, 0.15) is 5.75 Å². The second kappa shape index (κ2) is 7.33. The maximum atomic E-state index is 11.6. The molecule has 0 fully saturated rings. The van der Waals surface area contributed by atoms with E-state index >= 15 is 0 Å². The minimum absolute atomic E-state index is 0. The molecular formula is C12H15Cl2N3O3. The van der Waals surface area contributed by atoms with Gasteiger partial charge in [-0.15, -0.1) is 12.4 Å². The summed E-state index contributed by atoms with van der Waals surface area (Å²) in [6.45, 7) is 0.544. The predicted octanol–water partition coefficient (Wildman–Crippen LogP) is 1.64. The number of rotatable bonds is 4. The van der Waals surface area contributed by atoms with E-state index < -0.39 is 0 Å². The van der Waals surface area contributed by atoms with E-state index in [1.54, 1.807) is 19.2 Å². The van der Waals surface area contributed by atoms with Crippen molar-refractivity contribution in [3.63, 3.8) is 0 Å². The number of halogens is 2. The van der Waals surface area contributed by atoms with Crippen LogP contribution >= 0.6 is 24.0 Å². The summed E-state index contributed by atoms with van der Waals surface area (Å²) in [5.74, 6) is 0.123. The van der Waals surface area contributed by atoms with Crippen LogP contribution in [0.4, 0.5) is 11.4 Å². The van der Waals surface area contributed by atoms with Crippen LogP contribution < -0.4 is 20.7 Å². The van der Waals surface area contributed by atoms with Crippen LogP contribution in [0.15, 0.2) is 12.1 Å². The Kier molecular flexibility index (Phi) is 6.06. The van der Waals surface area contributed by atoms with Crippen LogP contribution in [0, 0.1) is 0 Å². The molecule has 1 aliphatic rings. The molecule has 0 spiro atoms. The highest BCUT2D eigenvalue weighted by molar-refractivity contribution is 6.34. The maximum Gasteiger partial charge on any atom is 0.262 e. The van der Waals surface area contributed by atoms with Crippen molar-refractivity contribution in [3.8, 4) is 5.75 Å². The van der Waals surface area contributed by atoms with Crippen molar-refractivity contribution in [3.05, 3.63) is 17.2 Å². The fourth-order valence-electron chi connectivity index (χ4n) is 1.65. The standard InChI is InChI=1S/C12H14ClN3O3.ClH/c1-14-3-2-11(17)15-8-5-10-9(4-7(8)13)16-12(18)6-19-10;/h4-5,14H,2-3,6H2,1H3,(H,15,17)(H,16,18);1H. The molecule has 0 bridgehead atoms. The first-order valence-electron chi connectivity index (χ1n) is 5.81. The third-order valence-corrected chi connectivity index (χ3v) is 2.89. The molecule has 0 saturated carbocycles. The lowest BCUT2D eigenvalue weighted by Gasteiger charge is -2.19. The lowest BCUT2D eigenvalue weighted by Crippen LogP contribution is -2.25. The molecule has 2 rings (SSSR count). The van der Waals surface area contributed by atoms with Gasteiger partial charge < -0.3 is 20.7 Å². The zero-order chi connectivity index (χ0) is 13.8. The van der Waals surface area contributed by atoms with Crippen LogP contribution in [-0.2, 0) is 9.59 Å². The van der Waals surface area contributed by atoms with Crippen molar-refractivity contribution >= 4 is 47.2 Å². The summed E-state index contributed by atoms with van der Waals surface area (Å²) in [5.41, 5.74) is 0.979. The van der Waals surface area contributed by atoms with Gasteiger partial charge in [0.15, 0.2) is 6.61 Å². The second-order valence-electron chi connectivity index (χ2n) is 4.07. The minimum Gasteiger partial charge on any atom is -0.482 e. The zero-order valence-electron chi connectivity index (χ0n) is 10.8. The summed E-state index contributed by atoms with van der Waals surface area (Å²) < 4.78 is 5.26. The topological polar surface area (TPSA) is 79.5 Å². The minimum atomic E-state index is -0.227. The number of ether oxygens (including phenoxy) is 1. The number of hydrogen-bond donors (Lipinski definition) is 3. The monoisotopic (exact) mass is 319 g/mol. The van der Waals surface area contributed by atoms with Crippen molar-refractivity contribution in [2.24, 2.45) is 0 Å². The van der Waals surface area contributed by atoms with Gasteiger partial charge in [0, 0.05) is 19.0 Å². The summed E-state index contributed by atoms with van der Waals surface area (Å²) in [6, 6.07) is 3.16. The lowest BCUT2D eigenvalue weighted by atomic mass is 10.2. The van der Waals surface area contributed by atoms with Crippen LogP contribution in [0.25, 0.3) is 0 Å². The predicted molar refractivity (Wildman–Crippen MR) is 80.0 cm³/mol. The molecule has 2 amide bonds. The van der Waals surface area contributed by atoms with Crippen molar-refractivity contribution < 1.29 is 14.3 Å². The Morgan fingerprint density at radius 2 is 2.25 bits per heavy atom. The van der Waals surface area contributed by atoms with E-state index in [0.29, 0.717) is 35.1 Å². The van der Waals surface area contributed by atoms with E-state index in [0.717, 1.165) is 0 Å². The molecule has 0 unspecified atom stereocenters. The molecule has 20 heavy (non-hydrogen) atoms. The van der Waals surface area contributed by atoms with Crippen molar-refractivity contribution in [1.82, 2.24) is 5.32 Å². The molecule has 1 aliphatic heterocycles. The third kappa shape index (κ3) is 4.00. The fraction of sp³-hybridized carbons (Fsp3) is 0.333. The Morgan fingerprint density at radius 1 is 1.50 bits per heavy atom.